The summed E-state index contributed by atoms with van der Waals surface area (Å²) in [4.78, 5) is 22.2. The van der Waals surface area contributed by atoms with Gasteiger partial charge in [0.1, 0.15) is 0 Å². The van der Waals surface area contributed by atoms with E-state index in [2.05, 4.69) is 15.4 Å². The second kappa shape index (κ2) is 5.77. The summed E-state index contributed by atoms with van der Waals surface area (Å²) in [6.07, 6.45) is 1.58. The maximum absolute atomic E-state index is 12.3. The van der Waals surface area contributed by atoms with E-state index < -0.39 is 0 Å². The first-order chi connectivity index (χ1) is 9.11. The fraction of sp³-hybridized carbons (Fsp3) is 0.250. The van der Waals surface area contributed by atoms with Crippen LogP contribution in [0, 0.1) is 6.92 Å². The Morgan fingerprint density at radius 2 is 2.37 bits per heavy atom. The lowest BCUT2D eigenvalue weighted by molar-refractivity contribution is 0.0784. The van der Waals surface area contributed by atoms with Gasteiger partial charge in [-0.05, 0) is 19.1 Å². The summed E-state index contributed by atoms with van der Waals surface area (Å²) in [5.74, 6) is 5.57. The standard InChI is InChI=1S/C12H15N5OS/c1-8-15-9(7-19-8)6-17(2)12(18)10-4-3-5-14-11(10)16-13/h3-5,7H,6,13H2,1-2H3,(H,14,16). The number of nitrogens with zero attached hydrogens (tertiary/aromatic N) is 3. The molecule has 0 saturated heterocycles. The summed E-state index contributed by atoms with van der Waals surface area (Å²) in [7, 11) is 1.73. The van der Waals surface area contributed by atoms with E-state index >= 15 is 0 Å². The van der Waals surface area contributed by atoms with Gasteiger partial charge in [-0.25, -0.2) is 15.8 Å². The van der Waals surface area contributed by atoms with Crippen molar-refractivity contribution in [2.24, 2.45) is 5.84 Å². The third kappa shape index (κ3) is 3.07. The van der Waals surface area contributed by atoms with E-state index in [4.69, 9.17) is 5.84 Å². The maximum Gasteiger partial charge on any atom is 0.257 e. The fourth-order valence-corrected chi connectivity index (χ4v) is 2.30. The molecule has 19 heavy (non-hydrogen) atoms. The normalized spacial score (nSPS) is 10.3. The quantitative estimate of drug-likeness (QED) is 0.652. The molecule has 0 unspecified atom stereocenters. The van der Waals surface area contributed by atoms with Crippen LogP contribution in [0.3, 0.4) is 0 Å². The first-order valence-corrected chi connectivity index (χ1v) is 6.58. The van der Waals surface area contributed by atoms with Crippen molar-refractivity contribution in [1.29, 1.82) is 0 Å². The topological polar surface area (TPSA) is 84.1 Å². The van der Waals surface area contributed by atoms with E-state index in [1.807, 2.05) is 12.3 Å². The molecule has 2 aromatic rings. The molecule has 0 bridgehead atoms. The van der Waals surface area contributed by atoms with Crippen molar-refractivity contribution in [1.82, 2.24) is 14.9 Å². The number of rotatable bonds is 4. The second-order valence-corrected chi connectivity index (χ2v) is 5.13. The molecule has 6 nitrogen and oxygen atoms in total. The Bertz CT molecular complexity index is 583. The molecule has 7 heteroatoms. The van der Waals surface area contributed by atoms with Crippen molar-refractivity contribution in [2.45, 2.75) is 13.5 Å². The monoisotopic (exact) mass is 277 g/mol. The highest BCUT2D eigenvalue weighted by molar-refractivity contribution is 7.09. The minimum absolute atomic E-state index is 0.147. The summed E-state index contributed by atoms with van der Waals surface area (Å²) in [5.41, 5.74) is 3.75. The number of aryl methyl sites for hydroxylation is 1. The summed E-state index contributed by atoms with van der Waals surface area (Å²) < 4.78 is 0. The first kappa shape index (κ1) is 13.4. The zero-order valence-electron chi connectivity index (χ0n) is 10.8. The van der Waals surface area contributed by atoms with Crippen LogP contribution in [0.1, 0.15) is 21.1 Å². The number of anilines is 1. The Morgan fingerprint density at radius 3 is 3.00 bits per heavy atom. The van der Waals surface area contributed by atoms with Gasteiger partial charge in [0.25, 0.3) is 5.91 Å². The molecule has 2 rings (SSSR count). The maximum atomic E-state index is 12.3. The third-order valence-corrected chi connectivity index (χ3v) is 3.41. The highest BCUT2D eigenvalue weighted by Gasteiger charge is 2.17. The Kier molecular flexibility index (Phi) is 4.08. The van der Waals surface area contributed by atoms with Crippen LogP contribution in [-0.2, 0) is 6.54 Å². The smallest absolute Gasteiger partial charge is 0.257 e. The molecule has 0 aliphatic heterocycles. The van der Waals surface area contributed by atoms with E-state index in [-0.39, 0.29) is 5.91 Å². The zero-order valence-corrected chi connectivity index (χ0v) is 11.6. The van der Waals surface area contributed by atoms with Gasteiger partial charge in [0, 0.05) is 18.6 Å². The lowest BCUT2D eigenvalue weighted by atomic mass is 10.2. The van der Waals surface area contributed by atoms with Gasteiger partial charge < -0.3 is 10.3 Å². The number of nitrogens with two attached hydrogens (primary N) is 1. The number of thiazole rings is 1. The van der Waals surface area contributed by atoms with Crippen molar-refractivity contribution in [2.75, 3.05) is 12.5 Å². The zero-order chi connectivity index (χ0) is 13.8. The van der Waals surface area contributed by atoms with Gasteiger partial charge >= 0.3 is 0 Å². The van der Waals surface area contributed by atoms with Crippen LogP contribution in [-0.4, -0.2) is 27.8 Å². The van der Waals surface area contributed by atoms with Gasteiger partial charge in [-0.3, -0.25) is 4.79 Å². The Balaban J connectivity index is 2.14. The molecule has 0 spiro atoms. The molecule has 2 aromatic heterocycles. The number of nitrogen functional groups attached to an aromatic ring is 1. The first-order valence-electron chi connectivity index (χ1n) is 5.70. The van der Waals surface area contributed by atoms with Gasteiger partial charge in [-0.2, -0.15) is 0 Å². The van der Waals surface area contributed by atoms with Crippen molar-refractivity contribution < 1.29 is 4.79 Å². The minimum Gasteiger partial charge on any atom is -0.336 e. The number of pyridine rings is 1. The van der Waals surface area contributed by atoms with Crippen LogP contribution in [0.15, 0.2) is 23.7 Å². The van der Waals surface area contributed by atoms with Crippen LogP contribution in [0.25, 0.3) is 0 Å². The molecule has 0 atom stereocenters. The van der Waals surface area contributed by atoms with E-state index in [0.29, 0.717) is 17.9 Å². The molecule has 0 saturated carbocycles. The molecule has 3 N–H and O–H groups in total. The number of nitrogens with one attached hydrogen (secondary N) is 1. The van der Waals surface area contributed by atoms with Gasteiger partial charge in [0.2, 0.25) is 0 Å². The molecule has 2 heterocycles. The second-order valence-electron chi connectivity index (χ2n) is 4.06. The minimum atomic E-state index is -0.147. The molecule has 1 amide bonds. The Labute approximate surface area is 115 Å². The Morgan fingerprint density at radius 1 is 1.58 bits per heavy atom. The van der Waals surface area contributed by atoms with Crippen molar-refractivity contribution in [3.8, 4) is 0 Å². The highest BCUT2D eigenvalue weighted by atomic mass is 32.1. The van der Waals surface area contributed by atoms with Gasteiger partial charge in [-0.15, -0.1) is 11.3 Å². The molecule has 0 fully saturated rings. The van der Waals surface area contributed by atoms with E-state index in [1.54, 1.807) is 41.6 Å². The van der Waals surface area contributed by atoms with Gasteiger partial charge in [0.05, 0.1) is 22.8 Å². The SMILES string of the molecule is Cc1nc(CN(C)C(=O)c2cccnc2NN)cs1. The summed E-state index contributed by atoms with van der Waals surface area (Å²) in [6, 6.07) is 3.39. The van der Waals surface area contributed by atoms with Crippen LogP contribution in [0.4, 0.5) is 5.82 Å². The number of hydrogen-bond acceptors (Lipinski definition) is 6. The lowest BCUT2D eigenvalue weighted by Gasteiger charge is -2.17. The van der Waals surface area contributed by atoms with E-state index in [9.17, 15) is 4.79 Å². The highest BCUT2D eigenvalue weighted by Crippen LogP contribution is 2.15. The largest absolute Gasteiger partial charge is 0.336 e. The number of aromatic nitrogens is 2. The molecule has 0 aliphatic carbocycles. The van der Waals surface area contributed by atoms with Crippen LogP contribution in [0.2, 0.25) is 0 Å². The van der Waals surface area contributed by atoms with Gasteiger partial charge in [-0.1, -0.05) is 0 Å². The van der Waals surface area contributed by atoms with Crippen molar-refractivity contribution in [3.05, 3.63) is 40.0 Å². The molecule has 0 radical (unpaired) electrons. The molecular weight excluding hydrogens is 262 g/mol. The number of carbonyl (C=O) groups excluding carboxylic acids is 1. The predicted molar refractivity (Wildman–Crippen MR) is 74.7 cm³/mol. The van der Waals surface area contributed by atoms with Crippen molar-refractivity contribution >= 4 is 23.1 Å². The van der Waals surface area contributed by atoms with Gasteiger partial charge in [0.15, 0.2) is 5.82 Å². The fourth-order valence-electron chi connectivity index (χ4n) is 1.69. The average molecular weight is 277 g/mol. The number of hydrogen-bond donors (Lipinski definition) is 2. The van der Waals surface area contributed by atoms with Crippen LogP contribution < -0.4 is 11.3 Å². The number of hydrazine groups is 1. The number of carbonyl (C=O) groups is 1. The molecule has 0 aromatic carbocycles. The lowest BCUT2D eigenvalue weighted by Crippen LogP contribution is -2.28. The average Bonchev–Trinajstić information content (AvgIpc) is 2.83. The van der Waals surface area contributed by atoms with Crippen LogP contribution >= 0.6 is 11.3 Å². The number of amides is 1. The summed E-state index contributed by atoms with van der Waals surface area (Å²) in [6.45, 7) is 2.40. The molecule has 100 valence electrons. The molecular formula is C12H15N5OS. The third-order valence-electron chi connectivity index (χ3n) is 2.59. The summed E-state index contributed by atoms with van der Waals surface area (Å²) >= 11 is 1.57. The summed E-state index contributed by atoms with van der Waals surface area (Å²) in [5, 5.41) is 2.94. The van der Waals surface area contributed by atoms with E-state index in [0.717, 1.165) is 10.7 Å². The van der Waals surface area contributed by atoms with Crippen molar-refractivity contribution in [3.63, 3.8) is 0 Å². The predicted octanol–water partition coefficient (Wildman–Crippen LogP) is 1.40. The molecule has 0 aliphatic rings. The van der Waals surface area contributed by atoms with E-state index in [1.165, 1.54) is 0 Å². The van der Waals surface area contributed by atoms with Crippen LogP contribution in [0.5, 0.6) is 0 Å². The Hall–Kier alpha value is -1.99.